The van der Waals surface area contributed by atoms with Crippen molar-refractivity contribution in [2.24, 2.45) is 10.9 Å². The zero-order chi connectivity index (χ0) is 14.8. The van der Waals surface area contributed by atoms with Crippen LogP contribution in [-0.2, 0) is 9.53 Å². The number of aliphatic imine (C=N–C) groups is 1. The standard InChI is InChI=1S/C15H29N3O2.HI/c1-4-16-15(18-13-11-12(13)2)17-10-8-6-5-7-9-14(19)20-3;/h12-13H,4-11H2,1-3H3,(H2,16,17,18);1H. The second-order valence-electron chi connectivity index (χ2n) is 5.46. The van der Waals surface area contributed by atoms with Crippen LogP contribution in [0.5, 0.6) is 0 Å². The van der Waals surface area contributed by atoms with Crippen molar-refractivity contribution in [3.63, 3.8) is 0 Å². The van der Waals surface area contributed by atoms with Gasteiger partial charge in [0.15, 0.2) is 5.96 Å². The smallest absolute Gasteiger partial charge is 0.305 e. The molecule has 0 bridgehead atoms. The Labute approximate surface area is 145 Å². The minimum Gasteiger partial charge on any atom is -0.469 e. The molecule has 0 aromatic rings. The number of methoxy groups -OCH3 is 1. The number of ether oxygens (including phenoxy) is 1. The summed E-state index contributed by atoms with van der Waals surface area (Å²) < 4.78 is 4.61. The van der Waals surface area contributed by atoms with E-state index in [0.29, 0.717) is 12.5 Å². The first-order chi connectivity index (χ1) is 9.67. The zero-order valence-electron chi connectivity index (χ0n) is 13.5. The first-order valence-corrected chi connectivity index (χ1v) is 7.79. The maximum Gasteiger partial charge on any atom is 0.305 e. The molecule has 0 aliphatic heterocycles. The van der Waals surface area contributed by atoms with Gasteiger partial charge in [-0.1, -0.05) is 19.8 Å². The molecule has 0 heterocycles. The molecule has 1 aliphatic carbocycles. The normalized spacial score (nSPS) is 20.4. The molecule has 21 heavy (non-hydrogen) atoms. The number of hydrogen-bond acceptors (Lipinski definition) is 3. The Kier molecular flexibility index (Phi) is 11.8. The first kappa shape index (κ1) is 20.5. The van der Waals surface area contributed by atoms with E-state index in [1.54, 1.807) is 0 Å². The molecule has 0 saturated heterocycles. The van der Waals surface area contributed by atoms with Crippen molar-refractivity contribution >= 4 is 35.9 Å². The third kappa shape index (κ3) is 9.92. The van der Waals surface area contributed by atoms with Crippen molar-refractivity contribution in [3.05, 3.63) is 0 Å². The summed E-state index contributed by atoms with van der Waals surface area (Å²) in [4.78, 5) is 15.5. The molecule has 1 rings (SSSR count). The van der Waals surface area contributed by atoms with Crippen molar-refractivity contribution in [2.75, 3.05) is 20.2 Å². The van der Waals surface area contributed by atoms with Crippen LogP contribution in [0.4, 0.5) is 0 Å². The van der Waals surface area contributed by atoms with Gasteiger partial charge in [-0.2, -0.15) is 0 Å². The maximum atomic E-state index is 10.9. The van der Waals surface area contributed by atoms with Gasteiger partial charge in [-0.3, -0.25) is 9.79 Å². The molecule has 1 aliphatic rings. The SMILES string of the molecule is CCNC(=NCCCCCCC(=O)OC)NC1CC1C.I. The minimum atomic E-state index is -0.111. The van der Waals surface area contributed by atoms with Crippen LogP contribution in [0.3, 0.4) is 0 Å². The largest absolute Gasteiger partial charge is 0.469 e. The van der Waals surface area contributed by atoms with Crippen LogP contribution in [0.1, 0.15) is 52.4 Å². The number of halogens is 1. The van der Waals surface area contributed by atoms with Crippen LogP contribution >= 0.6 is 24.0 Å². The van der Waals surface area contributed by atoms with E-state index >= 15 is 0 Å². The molecule has 2 unspecified atom stereocenters. The Hall–Kier alpha value is -0.530. The van der Waals surface area contributed by atoms with Crippen LogP contribution in [0.25, 0.3) is 0 Å². The number of nitrogens with one attached hydrogen (secondary N) is 2. The summed E-state index contributed by atoms with van der Waals surface area (Å²) in [7, 11) is 1.44. The summed E-state index contributed by atoms with van der Waals surface area (Å²) in [6.45, 7) is 6.07. The van der Waals surface area contributed by atoms with Gasteiger partial charge in [0.1, 0.15) is 0 Å². The molecule has 124 valence electrons. The average molecular weight is 411 g/mol. The van der Waals surface area contributed by atoms with Gasteiger partial charge in [-0.05, 0) is 32.1 Å². The zero-order valence-corrected chi connectivity index (χ0v) is 15.8. The fourth-order valence-corrected chi connectivity index (χ4v) is 2.05. The van der Waals surface area contributed by atoms with Crippen molar-refractivity contribution in [2.45, 2.75) is 58.4 Å². The van der Waals surface area contributed by atoms with E-state index in [4.69, 9.17) is 0 Å². The van der Waals surface area contributed by atoms with Crippen molar-refractivity contribution < 1.29 is 9.53 Å². The lowest BCUT2D eigenvalue weighted by Crippen LogP contribution is -2.39. The second kappa shape index (κ2) is 12.1. The highest BCUT2D eigenvalue weighted by molar-refractivity contribution is 14.0. The number of unbranched alkanes of at least 4 members (excludes halogenated alkanes) is 3. The number of guanidine groups is 1. The molecular weight excluding hydrogens is 381 g/mol. The van der Waals surface area contributed by atoms with E-state index in [1.165, 1.54) is 13.5 Å². The maximum absolute atomic E-state index is 10.9. The summed E-state index contributed by atoms with van der Waals surface area (Å²) >= 11 is 0. The van der Waals surface area contributed by atoms with Crippen molar-refractivity contribution in [1.29, 1.82) is 0 Å². The number of carbonyl (C=O) groups is 1. The van der Waals surface area contributed by atoms with Crippen LogP contribution in [0.2, 0.25) is 0 Å². The van der Waals surface area contributed by atoms with Crippen LogP contribution in [0, 0.1) is 5.92 Å². The third-order valence-corrected chi connectivity index (χ3v) is 3.56. The lowest BCUT2D eigenvalue weighted by atomic mass is 10.1. The highest BCUT2D eigenvalue weighted by Crippen LogP contribution is 2.28. The molecule has 0 radical (unpaired) electrons. The van der Waals surface area contributed by atoms with Gasteiger partial charge >= 0.3 is 5.97 Å². The van der Waals surface area contributed by atoms with Gasteiger partial charge in [-0.15, -0.1) is 24.0 Å². The predicted molar refractivity (Wildman–Crippen MR) is 97.2 cm³/mol. The van der Waals surface area contributed by atoms with E-state index in [9.17, 15) is 4.79 Å². The molecule has 1 saturated carbocycles. The van der Waals surface area contributed by atoms with Gasteiger partial charge in [-0.25, -0.2) is 0 Å². The monoisotopic (exact) mass is 411 g/mol. The Morgan fingerprint density at radius 3 is 2.52 bits per heavy atom. The van der Waals surface area contributed by atoms with Gasteiger partial charge < -0.3 is 15.4 Å². The first-order valence-electron chi connectivity index (χ1n) is 7.79. The quantitative estimate of drug-likeness (QED) is 0.201. The van der Waals surface area contributed by atoms with Crippen LogP contribution in [0.15, 0.2) is 4.99 Å². The molecule has 0 aromatic heterocycles. The summed E-state index contributed by atoms with van der Waals surface area (Å²) in [5.41, 5.74) is 0. The Bertz CT molecular complexity index is 324. The molecule has 6 heteroatoms. The van der Waals surface area contributed by atoms with E-state index in [0.717, 1.165) is 50.7 Å². The summed E-state index contributed by atoms with van der Waals surface area (Å²) in [6.07, 6.45) is 5.93. The van der Waals surface area contributed by atoms with Gasteiger partial charge in [0, 0.05) is 25.6 Å². The lowest BCUT2D eigenvalue weighted by Gasteiger charge is -2.10. The average Bonchev–Trinajstić information content (AvgIpc) is 3.12. The number of hydrogen-bond donors (Lipinski definition) is 2. The third-order valence-electron chi connectivity index (χ3n) is 3.56. The van der Waals surface area contributed by atoms with Crippen molar-refractivity contribution in [1.82, 2.24) is 10.6 Å². The molecule has 0 aromatic carbocycles. The van der Waals surface area contributed by atoms with Crippen LogP contribution in [-0.4, -0.2) is 38.2 Å². The summed E-state index contributed by atoms with van der Waals surface area (Å²) in [6, 6.07) is 0.604. The molecule has 2 N–H and O–H groups in total. The highest BCUT2D eigenvalue weighted by Gasteiger charge is 2.33. The molecular formula is C15H30IN3O2. The van der Waals surface area contributed by atoms with Gasteiger partial charge in [0.25, 0.3) is 0 Å². The lowest BCUT2D eigenvalue weighted by molar-refractivity contribution is -0.140. The fraction of sp³-hybridized carbons (Fsp3) is 0.867. The number of rotatable bonds is 9. The Morgan fingerprint density at radius 2 is 1.95 bits per heavy atom. The number of nitrogens with zero attached hydrogens (tertiary/aromatic N) is 1. The fourth-order valence-electron chi connectivity index (χ4n) is 2.05. The molecule has 0 amide bonds. The second-order valence-corrected chi connectivity index (χ2v) is 5.46. The predicted octanol–water partition coefficient (Wildman–Crippen LogP) is 2.69. The van der Waals surface area contributed by atoms with Gasteiger partial charge in [0.05, 0.1) is 7.11 Å². The summed E-state index contributed by atoms with van der Waals surface area (Å²) in [5.74, 6) is 1.61. The van der Waals surface area contributed by atoms with Crippen LogP contribution < -0.4 is 10.6 Å². The summed E-state index contributed by atoms with van der Waals surface area (Å²) in [5, 5.41) is 6.72. The van der Waals surface area contributed by atoms with E-state index < -0.39 is 0 Å². The topological polar surface area (TPSA) is 62.7 Å². The minimum absolute atomic E-state index is 0. The molecule has 2 atom stereocenters. The van der Waals surface area contributed by atoms with E-state index in [2.05, 4.69) is 34.2 Å². The number of esters is 1. The van der Waals surface area contributed by atoms with Crippen molar-refractivity contribution in [3.8, 4) is 0 Å². The molecule has 0 spiro atoms. The van der Waals surface area contributed by atoms with Gasteiger partial charge in [0.2, 0.25) is 0 Å². The Morgan fingerprint density at radius 1 is 1.29 bits per heavy atom. The van der Waals surface area contributed by atoms with E-state index in [1.807, 2.05) is 0 Å². The Balaban J connectivity index is 0.00000400. The highest BCUT2D eigenvalue weighted by atomic mass is 127. The number of carbonyl (C=O) groups excluding carboxylic acids is 1. The molecule has 1 fully saturated rings. The molecule has 5 nitrogen and oxygen atoms in total. The van der Waals surface area contributed by atoms with E-state index in [-0.39, 0.29) is 29.9 Å².